The maximum atomic E-state index is 9.26. The summed E-state index contributed by atoms with van der Waals surface area (Å²) in [4.78, 5) is 1.31. The first-order valence-electron chi connectivity index (χ1n) is 5.84. The molecule has 1 N–H and O–H groups in total. The molecule has 2 rings (SSSR count). The molecule has 1 heterocycles. The van der Waals surface area contributed by atoms with Crippen molar-refractivity contribution < 1.29 is 0 Å². The van der Waals surface area contributed by atoms with Gasteiger partial charge in [0.05, 0.1) is 6.07 Å². The molecule has 1 aromatic rings. The van der Waals surface area contributed by atoms with Gasteiger partial charge >= 0.3 is 0 Å². The third kappa shape index (κ3) is 2.28. The van der Waals surface area contributed by atoms with Crippen molar-refractivity contribution in [1.82, 2.24) is 5.32 Å². The maximum absolute atomic E-state index is 9.26. The van der Waals surface area contributed by atoms with E-state index in [1.807, 2.05) is 0 Å². The molecular formula is C13H18N2S. The Labute approximate surface area is 101 Å². The number of nitrogens with zero attached hydrogens (tertiary/aromatic N) is 1. The molecule has 0 aliphatic heterocycles. The van der Waals surface area contributed by atoms with Gasteiger partial charge in [0.2, 0.25) is 0 Å². The van der Waals surface area contributed by atoms with Crippen LogP contribution >= 0.6 is 11.3 Å². The summed E-state index contributed by atoms with van der Waals surface area (Å²) in [5.74, 6) is 1.42. The molecule has 2 nitrogen and oxygen atoms in total. The van der Waals surface area contributed by atoms with Gasteiger partial charge in [-0.25, -0.2) is 0 Å². The van der Waals surface area contributed by atoms with E-state index in [9.17, 15) is 5.26 Å². The summed E-state index contributed by atoms with van der Waals surface area (Å²) in [7, 11) is 0. The Morgan fingerprint density at radius 1 is 1.62 bits per heavy atom. The highest BCUT2D eigenvalue weighted by molar-refractivity contribution is 7.09. The summed E-state index contributed by atoms with van der Waals surface area (Å²) < 4.78 is 0. The van der Waals surface area contributed by atoms with Gasteiger partial charge in [-0.1, -0.05) is 19.9 Å². The normalized spacial score (nSPS) is 28.8. The Morgan fingerprint density at radius 3 is 2.88 bits per heavy atom. The van der Waals surface area contributed by atoms with Crippen molar-refractivity contribution in [3.8, 4) is 6.07 Å². The van der Waals surface area contributed by atoms with Crippen LogP contribution in [0.5, 0.6) is 0 Å². The second-order valence-corrected chi connectivity index (χ2v) is 6.07. The predicted octanol–water partition coefficient (Wildman–Crippen LogP) is 3.17. The van der Waals surface area contributed by atoms with Crippen LogP contribution in [0.3, 0.4) is 0 Å². The number of rotatable bonds is 4. The van der Waals surface area contributed by atoms with Gasteiger partial charge in [-0.3, -0.25) is 5.32 Å². The van der Waals surface area contributed by atoms with E-state index in [0.29, 0.717) is 5.92 Å². The summed E-state index contributed by atoms with van der Waals surface area (Å²) in [6.07, 6.45) is 2.01. The first-order valence-corrected chi connectivity index (χ1v) is 6.72. The van der Waals surface area contributed by atoms with Crippen LogP contribution in [-0.2, 0) is 6.54 Å². The van der Waals surface area contributed by atoms with E-state index in [2.05, 4.69) is 42.7 Å². The SMILES string of the molecule is CC(C)C1CC(C#N)(NCc2cccs2)C1. The Morgan fingerprint density at radius 2 is 2.38 bits per heavy atom. The third-order valence-electron chi connectivity index (χ3n) is 3.56. The van der Waals surface area contributed by atoms with E-state index < -0.39 is 0 Å². The molecule has 3 heteroatoms. The summed E-state index contributed by atoms with van der Waals surface area (Å²) in [5.41, 5.74) is -0.251. The highest BCUT2D eigenvalue weighted by Crippen LogP contribution is 2.41. The molecule has 0 saturated heterocycles. The fourth-order valence-corrected chi connectivity index (χ4v) is 2.90. The topological polar surface area (TPSA) is 35.8 Å². The minimum absolute atomic E-state index is 0.251. The van der Waals surface area contributed by atoms with Crippen LogP contribution in [-0.4, -0.2) is 5.54 Å². The lowest BCUT2D eigenvalue weighted by atomic mass is 9.65. The van der Waals surface area contributed by atoms with Gasteiger partial charge in [0.25, 0.3) is 0 Å². The van der Waals surface area contributed by atoms with E-state index in [1.54, 1.807) is 11.3 Å². The van der Waals surface area contributed by atoms with Crippen molar-refractivity contribution >= 4 is 11.3 Å². The highest BCUT2D eigenvalue weighted by atomic mass is 32.1. The zero-order valence-corrected chi connectivity index (χ0v) is 10.7. The molecular weight excluding hydrogens is 216 g/mol. The van der Waals surface area contributed by atoms with Crippen molar-refractivity contribution in [1.29, 1.82) is 5.26 Å². The first-order chi connectivity index (χ1) is 7.65. The zero-order chi connectivity index (χ0) is 11.6. The average Bonchev–Trinajstić information content (AvgIpc) is 2.69. The lowest BCUT2D eigenvalue weighted by Gasteiger charge is -2.45. The van der Waals surface area contributed by atoms with Crippen LogP contribution in [0, 0.1) is 23.2 Å². The summed E-state index contributed by atoms with van der Waals surface area (Å²) in [6, 6.07) is 6.62. The number of thiophene rings is 1. The molecule has 0 atom stereocenters. The molecule has 0 radical (unpaired) electrons. The van der Waals surface area contributed by atoms with Crippen LogP contribution < -0.4 is 5.32 Å². The molecule has 1 aliphatic rings. The van der Waals surface area contributed by atoms with E-state index in [-0.39, 0.29) is 5.54 Å². The third-order valence-corrected chi connectivity index (χ3v) is 4.44. The number of nitrogens with one attached hydrogen (secondary N) is 1. The maximum Gasteiger partial charge on any atom is 0.107 e. The van der Waals surface area contributed by atoms with Crippen LogP contribution in [0.1, 0.15) is 31.6 Å². The smallest absolute Gasteiger partial charge is 0.107 e. The molecule has 0 amide bonds. The lowest BCUT2D eigenvalue weighted by Crippen LogP contribution is -2.55. The molecule has 86 valence electrons. The number of hydrogen-bond donors (Lipinski definition) is 1. The molecule has 0 aromatic carbocycles. The van der Waals surface area contributed by atoms with Crippen molar-refractivity contribution in [2.45, 2.75) is 38.8 Å². The fourth-order valence-electron chi connectivity index (χ4n) is 2.25. The minimum Gasteiger partial charge on any atom is -0.294 e. The largest absolute Gasteiger partial charge is 0.294 e. The second kappa shape index (κ2) is 4.57. The van der Waals surface area contributed by atoms with E-state index in [1.165, 1.54) is 4.88 Å². The number of nitriles is 1. The molecule has 0 spiro atoms. The summed E-state index contributed by atoms with van der Waals surface area (Å²) >= 11 is 1.74. The quantitative estimate of drug-likeness (QED) is 0.868. The number of hydrogen-bond acceptors (Lipinski definition) is 3. The summed E-state index contributed by atoms with van der Waals surface area (Å²) in [6.45, 7) is 5.31. The zero-order valence-electron chi connectivity index (χ0n) is 9.86. The van der Waals surface area contributed by atoms with Gasteiger partial charge < -0.3 is 0 Å². The molecule has 1 aromatic heterocycles. The van der Waals surface area contributed by atoms with E-state index >= 15 is 0 Å². The Kier molecular flexibility index (Phi) is 3.32. The predicted molar refractivity (Wildman–Crippen MR) is 67.1 cm³/mol. The van der Waals surface area contributed by atoms with Crippen LogP contribution in [0.4, 0.5) is 0 Å². The first kappa shape index (κ1) is 11.6. The van der Waals surface area contributed by atoms with Crippen LogP contribution in [0.2, 0.25) is 0 Å². The van der Waals surface area contributed by atoms with Gasteiger partial charge in [0, 0.05) is 11.4 Å². The molecule has 1 aliphatic carbocycles. The Hall–Kier alpha value is -0.850. The van der Waals surface area contributed by atoms with Crippen molar-refractivity contribution in [2.75, 3.05) is 0 Å². The molecule has 1 fully saturated rings. The second-order valence-electron chi connectivity index (χ2n) is 5.04. The van der Waals surface area contributed by atoms with Crippen LogP contribution in [0.15, 0.2) is 17.5 Å². The molecule has 0 unspecified atom stereocenters. The van der Waals surface area contributed by atoms with Gasteiger partial charge in [-0.15, -0.1) is 11.3 Å². The van der Waals surface area contributed by atoms with Crippen molar-refractivity contribution in [2.24, 2.45) is 11.8 Å². The average molecular weight is 234 g/mol. The van der Waals surface area contributed by atoms with Crippen LogP contribution in [0.25, 0.3) is 0 Å². The standard InChI is InChI=1S/C13H18N2S/c1-10(2)11-6-13(7-11,9-14)15-8-12-4-3-5-16-12/h3-5,10-11,15H,6-8H2,1-2H3. The van der Waals surface area contributed by atoms with E-state index in [4.69, 9.17) is 0 Å². The molecule has 0 bridgehead atoms. The van der Waals surface area contributed by atoms with Gasteiger partial charge in [-0.2, -0.15) is 5.26 Å². The molecule has 16 heavy (non-hydrogen) atoms. The molecule has 1 saturated carbocycles. The minimum atomic E-state index is -0.251. The van der Waals surface area contributed by atoms with Crippen molar-refractivity contribution in [3.05, 3.63) is 22.4 Å². The Balaban J connectivity index is 1.87. The monoisotopic (exact) mass is 234 g/mol. The van der Waals surface area contributed by atoms with E-state index in [0.717, 1.165) is 25.3 Å². The Bertz CT molecular complexity index is 369. The van der Waals surface area contributed by atoms with Crippen molar-refractivity contribution in [3.63, 3.8) is 0 Å². The fraction of sp³-hybridized carbons (Fsp3) is 0.615. The van der Waals surface area contributed by atoms with Gasteiger partial charge in [-0.05, 0) is 36.1 Å². The van der Waals surface area contributed by atoms with Gasteiger partial charge in [0.15, 0.2) is 0 Å². The summed E-state index contributed by atoms with van der Waals surface area (Å²) in [5, 5.41) is 14.8. The van der Waals surface area contributed by atoms with Gasteiger partial charge in [0.1, 0.15) is 5.54 Å². The lowest BCUT2D eigenvalue weighted by molar-refractivity contribution is 0.114. The highest BCUT2D eigenvalue weighted by Gasteiger charge is 2.45.